The summed E-state index contributed by atoms with van der Waals surface area (Å²) in [5.74, 6) is -0.0334. The van der Waals surface area contributed by atoms with Crippen LogP contribution in [0.4, 0.5) is 0 Å². The van der Waals surface area contributed by atoms with Gasteiger partial charge in [0.05, 0.1) is 11.9 Å². The maximum absolute atomic E-state index is 10.4. The van der Waals surface area contributed by atoms with E-state index in [-0.39, 0.29) is 6.42 Å². The molecule has 7 heteroatoms. The average molecular weight is 249 g/mol. The normalized spacial score (nSPS) is 10.7. The van der Waals surface area contributed by atoms with Gasteiger partial charge in [0.15, 0.2) is 5.82 Å². The third kappa shape index (κ3) is 3.16. The van der Waals surface area contributed by atoms with E-state index < -0.39 is 5.97 Å². The number of carbonyl (C=O) groups is 1. The number of hydrogen-bond donors (Lipinski definition) is 1. The topological polar surface area (TPSA) is 85.8 Å². The molecule has 2 rings (SSSR count). The molecule has 1 N–H and O–H groups in total. The Morgan fingerprint density at radius 2 is 2.28 bits per heavy atom. The number of aryl methyl sites for hydroxylation is 2. The van der Waals surface area contributed by atoms with Gasteiger partial charge in [-0.1, -0.05) is 5.21 Å². The number of rotatable bonds is 6. The lowest BCUT2D eigenvalue weighted by Crippen LogP contribution is -1.97. The zero-order valence-corrected chi connectivity index (χ0v) is 10.2. The van der Waals surface area contributed by atoms with Crippen molar-refractivity contribution in [3.63, 3.8) is 0 Å². The summed E-state index contributed by atoms with van der Waals surface area (Å²) in [5.41, 5.74) is 0.853. The van der Waals surface area contributed by atoms with Crippen LogP contribution in [0.1, 0.15) is 25.0 Å². The Balaban J connectivity index is 1.88. The molecule has 0 saturated carbocycles. The first kappa shape index (κ1) is 12.3. The monoisotopic (exact) mass is 249 g/mol. The minimum Gasteiger partial charge on any atom is -0.481 e. The molecule has 18 heavy (non-hydrogen) atoms. The third-order valence-electron chi connectivity index (χ3n) is 2.55. The predicted molar refractivity (Wildman–Crippen MR) is 63.3 cm³/mol. The summed E-state index contributed by atoms with van der Waals surface area (Å²) in [7, 11) is 1.84. The van der Waals surface area contributed by atoms with Gasteiger partial charge < -0.3 is 5.11 Å². The second-order valence-corrected chi connectivity index (χ2v) is 4.10. The summed E-state index contributed by atoms with van der Waals surface area (Å²) < 4.78 is 3.32. The van der Waals surface area contributed by atoms with Gasteiger partial charge in [-0.25, -0.2) is 4.68 Å². The molecule has 0 atom stereocenters. The van der Waals surface area contributed by atoms with Crippen LogP contribution in [0.25, 0.3) is 5.82 Å². The first-order valence-corrected chi connectivity index (χ1v) is 5.78. The van der Waals surface area contributed by atoms with Gasteiger partial charge >= 0.3 is 5.97 Å². The molecule has 0 aliphatic heterocycles. The molecular weight excluding hydrogens is 234 g/mol. The van der Waals surface area contributed by atoms with Crippen molar-refractivity contribution in [3.8, 4) is 5.82 Å². The Hall–Kier alpha value is -2.18. The highest BCUT2D eigenvalue weighted by atomic mass is 16.4. The zero-order chi connectivity index (χ0) is 13.0. The van der Waals surface area contributed by atoms with Gasteiger partial charge in [-0.05, 0) is 19.3 Å². The third-order valence-corrected chi connectivity index (χ3v) is 2.55. The number of aromatic nitrogens is 5. The SMILES string of the molecule is Cn1ccc(-n2cc(CCCCC(=O)O)nn2)n1. The fourth-order valence-corrected chi connectivity index (χ4v) is 1.63. The number of aliphatic carboxylic acids is 1. The van der Waals surface area contributed by atoms with Crippen molar-refractivity contribution in [1.82, 2.24) is 24.8 Å². The lowest BCUT2D eigenvalue weighted by atomic mass is 10.1. The van der Waals surface area contributed by atoms with E-state index in [0.29, 0.717) is 6.42 Å². The first-order valence-electron chi connectivity index (χ1n) is 5.78. The summed E-state index contributed by atoms with van der Waals surface area (Å²) in [4.78, 5) is 10.4. The van der Waals surface area contributed by atoms with Crippen LogP contribution in [0.5, 0.6) is 0 Å². The molecule has 2 aromatic rings. The average Bonchev–Trinajstić information content (AvgIpc) is 2.93. The highest BCUT2D eigenvalue weighted by Gasteiger charge is 2.05. The van der Waals surface area contributed by atoms with Gasteiger partial charge in [0.25, 0.3) is 0 Å². The summed E-state index contributed by atoms with van der Waals surface area (Å²) in [6, 6.07) is 1.85. The molecule has 2 heterocycles. The maximum Gasteiger partial charge on any atom is 0.303 e. The van der Waals surface area contributed by atoms with Crippen molar-refractivity contribution < 1.29 is 9.90 Å². The van der Waals surface area contributed by atoms with E-state index in [1.54, 1.807) is 9.36 Å². The van der Waals surface area contributed by atoms with Crippen LogP contribution < -0.4 is 0 Å². The number of carboxylic acids is 1. The smallest absolute Gasteiger partial charge is 0.303 e. The van der Waals surface area contributed by atoms with Crippen LogP contribution >= 0.6 is 0 Å². The summed E-state index contributed by atoms with van der Waals surface area (Å²) in [6.45, 7) is 0. The van der Waals surface area contributed by atoms with Crippen molar-refractivity contribution >= 4 is 5.97 Å². The first-order chi connectivity index (χ1) is 8.65. The van der Waals surface area contributed by atoms with Crippen molar-refractivity contribution in [3.05, 3.63) is 24.2 Å². The second-order valence-electron chi connectivity index (χ2n) is 4.10. The Labute approximate surface area is 104 Å². The molecule has 0 amide bonds. The fourth-order valence-electron chi connectivity index (χ4n) is 1.63. The maximum atomic E-state index is 10.4. The van der Waals surface area contributed by atoms with Crippen LogP contribution in [0.3, 0.4) is 0 Å². The van der Waals surface area contributed by atoms with E-state index in [2.05, 4.69) is 15.4 Å². The Bertz CT molecular complexity index is 531. The summed E-state index contributed by atoms with van der Waals surface area (Å²) in [6.07, 6.45) is 6.06. The largest absolute Gasteiger partial charge is 0.481 e. The number of unbranched alkanes of at least 4 members (excludes halogenated alkanes) is 1. The van der Waals surface area contributed by atoms with E-state index in [1.807, 2.05) is 25.5 Å². The quantitative estimate of drug-likeness (QED) is 0.765. The molecule has 0 aliphatic rings. The molecule has 7 nitrogen and oxygen atoms in total. The molecule has 2 aromatic heterocycles. The fraction of sp³-hybridized carbons (Fsp3) is 0.455. The van der Waals surface area contributed by atoms with E-state index in [0.717, 1.165) is 24.4 Å². The summed E-state index contributed by atoms with van der Waals surface area (Å²) in [5, 5.41) is 20.8. The molecule has 0 saturated heterocycles. The van der Waals surface area contributed by atoms with Gasteiger partial charge in [-0.15, -0.1) is 5.10 Å². The van der Waals surface area contributed by atoms with Crippen LogP contribution in [-0.4, -0.2) is 35.9 Å². The van der Waals surface area contributed by atoms with Crippen LogP contribution in [0, 0.1) is 0 Å². The van der Waals surface area contributed by atoms with Gasteiger partial charge in [0, 0.05) is 25.7 Å². The minimum absolute atomic E-state index is 0.203. The molecule has 0 fully saturated rings. The van der Waals surface area contributed by atoms with Crippen molar-refractivity contribution in [1.29, 1.82) is 0 Å². The standard InChI is InChI=1S/C11H15N5O2/c1-15-7-6-10(13-15)16-8-9(12-14-16)4-2-3-5-11(17)18/h6-8H,2-5H2,1H3,(H,17,18). The minimum atomic E-state index is -0.757. The lowest BCUT2D eigenvalue weighted by Gasteiger charge is -1.94. The van der Waals surface area contributed by atoms with Crippen LogP contribution in [0.15, 0.2) is 18.5 Å². The Morgan fingerprint density at radius 3 is 2.94 bits per heavy atom. The molecule has 0 aromatic carbocycles. The van der Waals surface area contributed by atoms with Crippen LogP contribution in [0.2, 0.25) is 0 Å². The second kappa shape index (κ2) is 5.44. The van der Waals surface area contributed by atoms with Gasteiger partial charge in [0.1, 0.15) is 0 Å². The Kier molecular flexibility index (Phi) is 3.71. The number of nitrogens with zero attached hydrogens (tertiary/aromatic N) is 5. The molecule has 0 unspecified atom stereocenters. The highest BCUT2D eigenvalue weighted by molar-refractivity contribution is 5.66. The molecule has 0 radical (unpaired) electrons. The number of carboxylic acid groups (broad SMARTS) is 1. The van der Waals surface area contributed by atoms with Gasteiger partial charge in [0.2, 0.25) is 0 Å². The Morgan fingerprint density at radius 1 is 1.44 bits per heavy atom. The molecule has 0 aliphatic carbocycles. The van der Waals surface area contributed by atoms with E-state index in [1.165, 1.54) is 0 Å². The molecule has 0 bridgehead atoms. The van der Waals surface area contributed by atoms with Gasteiger partial charge in [-0.2, -0.15) is 5.10 Å². The van der Waals surface area contributed by atoms with Crippen LogP contribution in [-0.2, 0) is 18.3 Å². The lowest BCUT2D eigenvalue weighted by molar-refractivity contribution is -0.137. The van der Waals surface area contributed by atoms with Gasteiger partial charge in [-0.3, -0.25) is 9.48 Å². The zero-order valence-electron chi connectivity index (χ0n) is 10.2. The molecule has 0 spiro atoms. The van der Waals surface area contributed by atoms with Crippen molar-refractivity contribution in [2.75, 3.05) is 0 Å². The molecule has 96 valence electrons. The highest BCUT2D eigenvalue weighted by Crippen LogP contribution is 2.06. The molecular formula is C11H15N5O2. The van der Waals surface area contributed by atoms with E-state index in [9.17, 15) is 4.79 Å². The van der Waals surface area contributed by atoms with E-state index >= 15 is 0 Å². The van der Waals surface area contributed by atoms with Crippen molar-refractivity contribution in [2.24, 2.45) is 7.05 Å². The summed E-state index contributed by atoms with van der Waals surface area (Å²) >= 11 is 0. The number of hydrogen-bond acceptors (Lipinski definition) is 4. The van der Waals surface area contributed by atoms with Crippen molar-refractivity contribution in [2.45, 2.75) is 25.7 Å². The predicted octanol–water partition coefficient (Wildman–Crippen LogP) is 0.798. The van der Waals surface area contributed by atoms with E-state index in [4.69, 9.17) is 5.11 Å².